The standard InChI is InChI=1S/C17H28N2O/c1-17(2,15-6-8-16(18)9-7-15)13-19-10-4-5-14(11-19)12-20-3/h6-9,14H,4-5,10-13,18H2,1-3H3. The quantitative estimate of drug-likeness (QED) is 0.840. The topological polar surface area (TPSA) is 38.5 Å². The van der Waals surface area contributed by atoms with Crippen molar-refractivity contribution in [3.63, 3.8) is 0 Å². The third-order valence-electron chi connectivity index (χ3n) is 4.32. The highest BCUT2D eigenvalue weighted by atomic mass is 16.5. The largest absolute Gasteiger partial charge is 0.399 e. The summed E-state index contributed by atoms with van der Waals surface area (Å²) < 4.78 is 5.32. The summed E-state index contributed by atoms with van der Waals surface area (Å²) in [5, 5.41) is 0. The van der Waals surface area contributed by atoms with Crippen LogP contribution in [0, 0.1) is 5.92 Å². The molecule has 3 nitrogen and oxygen atoms in total. The summed E-state index contributed by atoms with van der Waals surface area (Å²) in [7, 11) is 1.80. The van der Waals surface area contributed by atoms with Gasteiger partial charge in [-0.1, -0.05) is 26.0 Å². The lowest BCUT2D eigenvalue weighted by atomic mass is 9.83. The average Bonchev–Trinajstić information content (AvgIpc) is 2.39. The van der Waals surface area contributed by atoms with Gasteiger partial charge in [0.2, 0.25) is 0 Å². The molecule has 1 unspecified atom stereocenters. The van der Waals surface area contributed by atoms with Crippen LogP contribution in [0.5, 0.6) is 0 Å². The molecule has 1 heterocycles. The maximum atomic E-state index is 5.78. The summed E-state index contributed by atoms with van der Waals surface area (Å²) in [6.45, 7) is 8.98. The molecule has 0 aromatic heterocycles. The van der Waals surface area contributed by atoms with Crippen LogP contribution in [0.25, 0.3) is 0 Å². The number of nitrogens with zero attached hydrogens (tertiary/aromatic N) is 1. The summed E-state index contributed by atoms with van der Waals surface area (Å²) in [6, 6.07) is 8.32. The molecular weight excluding hydrogens is 248 g/mol. The molecule has 2 rings (SSSR count). The van der Waals surface area contributed by atoms with E-state index in [1.54, 1.807) is 7.11 Å². The average molecular weight is 276 g/mol. The van der Waals surface area contributed by atoms with E-state index in [9.17, 15) is 0 Å². The molecule has 0 radical (unpaired) electrons. The number of rotatable bonds is 5. The van der Waals surface area contributed by atoms with Gasteiger partial charge < -0.3 is 15.4 Å². The van der Waals surface area contributed by atoms with E-state index in [1.165, 1.54) is 24.9 Å². The van der Waals surface area contributed by atoms with Crippen LogP contribution in [-0.4, -0.2) is 38.3 Å². The normalized spacial score (nSPS) is 21.1. The van der Waals surface area contributed by atoms with Crippen LogP contribution < -0.4 is 5.73 Å². The number of benzene rings is 1. The van der Waals surface area contributed by atoms with Crippen LogP contribution in [0.15, 0.2) is 24.3 Å². The van der Waals surface area contributed by atoms with Gasteiger partial charge in [-0.25, -0.2) is 0 Å². The Bertz CT molecular complexity index is 412. The summed E-state index contributed by atoms with van der Waals surface area (Å²) in [6.07, 6.45) is 2.58. The predicted octanol–water partition coefficient (Wildman–Crippen LogP) is 2.90. The Morgan fingerprint density at radius 3 is 2.65 bits per heavy atom. The molecule has 1 atom stereocenters. The Balaban J connectivity index is 1.98. The van der Waals surface area contributed by atoms with Crippen molar-refractivity contribution in [2.45, 2.75) is 32.1 Å². The van der Waals surface area contributed by atoms with Crippen LogP contribution in [0.4, 0.5) is 5.69 Å². The van der Waals surface area contributed by atoms with Crippen LogP contribution in [0.3, 0.4) is 0 Å². The minimum absolute atomic E-state index is 0.155. The van der Waals surface area contributed by atoms with Crippen LogP contribution in [0.1, 0.15) is 32.3 Å². The molecule has 0 bridgehead atoms. The first kappa shape index (κ1) is 15.3. The highest BCUT2D eigenvalue weighted by Crippen LogP contribution is 2.27. The van der Waals surface area contributed by atoms with Gasteiger partial charge in [0.25, 0.3) is 0 Å². The van der Waals surface area contributed by atoms with Crippen molar-refractivity contribution in [1.82, 2.24) is 4.90 Å². The maximum Gasteiger partial charge on any atom is 0.0502 e. The number of hydrogen-bond acceptors (Lipinski definition) is 3. The summed E-state index contributed by atoms with van der Waals surface area (Å²) in [5.74, 6) is 0.691. The van der Waals surface area contributed by atoms with Gasteiger partial charge >= 0.3 is 0 Å². The Hall–Kier alpha value is -1.06. The molecule has 1 saturated heterocycles. The number of nitrogen functional groups attached to an aromatic ring is 1. The van der Waals surface area contributed by atoms with E-state index < -0.39 is 0 Å². The Morgan fingerprint density at radius 1 is 1.30 bits per heavy atom. The molecule has 0 aliphatic carbocycles. The van der Waals surface area contributed by atoms with E-state index in [0.717, 1.165) is 25.4 Å². The van der Waals surface area contributed by atoms with Crippen molar-refractivity contribution in [3.05, 3.63) is 29.8 Å². The van der Waals surface area contributed by atoms with Gasteiger partial charge in [0, 0.05) is 31.3 Å². The molecule has 0 saturated carbocycles. The fraction of sp³-hybridized carbons (Fsp3) is 0.647. The smallest absolute Gasteiger partial charge is 0.0502 e. The molecule has 20 heavy (non-hydrogen) atoms. The fourth-order valence-corrected chi connectivity index (χ4v) is 3.25. The molecule has 112 valence electrons. The van der Waals surface area contributed by atoms with Crippen molar-refractivity contribution in [2.75, 3.05) is 39.1 Å². The molecule has 0 amide bonds. The Kier molecular flexibility index (Phi) is 5.06. The monoisotopic (exact) mass is 276 g/mol. The molecular formula is C17H28N2O. The first-order chi connectivity index (χ1) is 9.51. The predicted molar refractivity (Wildman–Crippen MR) is 84.9 cm³/mol. The third-order valence-corrected chi connectivity index (χ3v) is 4.32. The fourth-order valence-electron chi connectivity index (χ4n) is 3.25. The van der Waals surface area contributed by atoms with Crippen molar-refractivity contribution in [3.8, 4) is 0 Å². The minimum atomic E-state index is 0.155. The second-order valence-electron chi connectivity index (χ2n) is 6.70. The van der Waals surface area contributed by atoms with Crippen LogP contribution in [0.2, 0.25) is 0 Å². The van der Waals surface area contributed by atoms with Crippen molar-refractivity contribution < 1.29 is 4.74 Å². The second kappa shape index (κ2) is 6.59. The zero-order valence-electron chi connectivity index (χ0n) is 13.1. The van der Waals surface area contributed by atoms with E-state index in [1.807, 2.05) is 12.1 Å². The van der Waals surface area contributed by atoms with Gasteiger partial charge in [0.1, 0.15) is 0 Å². The molecule has 1 aliphatic rings. The lowest BCUT2D eigenvalue weighted by molar-refractivity contribution is 0.0812. The SMILES string of the molecule is COCC1CCCN(CC(C)(C)c2ccc(N)cc2)C1. The number of anilines is 1. The Labute approximate surface area is 123 Å². The molecule has 3 heteroatoms. The molecule has 1 fully saturated rings. The summed E-state index contributed by atoms with van der Waals surface area (Å²) in [4.78, 5) is 2.59. The van der Waals surface area contributed by atoms with E-state index in [0.29, 0.717) is 5.92 Å². The van der Waals surface area contributed by atoms with E-state index >= 15 is 0 Å². The lowest BCUT2D eigenvalue weighted by Gasteiger charge is -2.38. The molecule has 0 spiro atoms. The van der Waals surface area contributed by atoms with Crippen LogP contribution in [-0.2, 0) is 10.2 Å². The highest BCUT2D eigenvalue weighted by Gasteiger charge is 2.27. The number of ether oxygens (including phenoxy) is 1. The molecule has 2 N–H and O–H groups in total. The first-order valence-corrected chi connectivity index (χ1v) is 7.58. The number of likely N-dealkylation sites (tertiary alicyclic amines) is 1. The van der Waals surface area contributed by atoms with Crippen molar-refractivity contribution >= 4 is 5.69 Å². The first-order valence-electron chi connectivity index (χ1n) is 7.58. The van der Waals surface area contributed by atoms with E-state index in [2.05, 4.69) is 30.9 Å². The second-order valence-corrected chi connectivity index (χ2v) is 6.70. The third kappa shape index (κ3) is 3.97. The van der Waals surface area contributed by atoms with Gasteiger partial charge in [-0.3, -0.25) is 0 Å². The Morgan fingerprint density at radius 2 is 2.00 bits per heavy atom. The van der Waals surface area contributed by atoms with Crippen LogP contribution >= 0.6 is 0 Å². The molecule has 1 aliphatic heterocycles. The number of nitrogens with two attached hydrogens (primary N) is 1. The van der Waals surface area contributed by atoms with Gasteiger partial charge in [0.15, 0.2) is 0 Å². The van der Waals surface area contributed by atoms with Crippen molar-refractivity contribution in [1.29, 1.82) is 0 Å². The lowest BCUT2D eigenvalue weighted by Crippen LogP contribution is -2.43. The van der Waals surface area contributed by atoms with Gasteiger partial charge in [0.05, 0.1) is 6.61 Å². The number of methoxy groups -OCH3 is 1. The molecule has 1 aromatic rings. The highest BCUT2D eigenvalue weighted by molar-refractivity contribution is 5.41. The minimum Gasteiger partial charge on any atom is -0.399 e. The number of hydrogen-bond donors (Lipinski definition) is 1. The van der Waals surface area contributed by atoms with E-state index in [4.69, 9.17) is 10.5 Å². The summed E-state index contributed by atoms with van der Waals surface area (Å²) >= 11 is 0. The zero-order valence-corrected chi connectivity index (χ0v) is 13.1. The van der Waals surface area contributed by atoms with E-state index in [-0.39, 0.29) is 5.41 Å². The summed E-state index contributed by atoms with van der Waals surface area (Å²) in [5.41, 5.74) is 8.13. The van der Waals surface area contributed by atoms with Crippen molar-refractivity contribution in [2.24, 2.45) is 5.92 Å². The van der Waals surface area contributed by atoms with Gasteiger partial charge in [-0.2, -0.15) is 0 Å². The number of piperidine rings is 1. The van der Waals surface area contributed by atoms with Gasteiger partial charge in [-0.15, -0.1) is 0 Å². The molecule has 1 aromatic carbocycles. The zero-order chi connectivity index (χ0) is 14.6. The van der Waals surface area contributed by atoms with Gasteiger partial charge in [-0.05, 0) is 43.0 Å². The maximum absolute atomic E-state index is 5.78.